The van der Waals surface area contributed by atoms with Crippen LogP contribution in [0.4, 0.5) is 8.78 Å². The fourth-order valence-corrected chi connectivity index (χ4v) is 2.59. The molecule has 1 rings (SSSR count). The lowest BCUT2D eigenvalue weighted by molar-refractivity contribution is 0.545. The summed E-state index contributed by atoms with van der Waals surface area (Å²) in [5.74, 6) is -1.87. The first kappa shape index (κ1) is 18.2. The van der Waals surface area contributed by atoms with Crippen molar-refractivity contribution in [2.24, 2.45) is 5.73 Å². The highest BCUT2D eigenvalue weighted by atomic mass is 35.5. The molecule has 0 heterocycles. The number of halogens is 3. The molecule has 0 spiro atoms. The van der Waals surface area contributed by atoms with E-state index in [9.17, 15) is 17.2 Å². The fourth-order valence-electron chi connectivity index (χ4n) is 1.46. The molecule has 4 nitrogen and oxygen atoms in total. The summed E-state index contributed by atoms with van der Waals surface area (Å²) in [5, 5.41) is 0. The molecule has 0 saturated heterocycles. The monoisotopic (exact) mass is 314 g/mol. The van der Waals surface area contributed by atoms with Crippen molar-refractivity contribution >= 4 is 22.4 Å². The highest BCUT2D eigenvalue weighted by molar-refractivity contribution is 7.89. The van der Waals surface area contributed by atoms with Gasteiger partial charge in [-0.15, -0.1) is 12.4 Å². The van der Waals surface area contributed by atoms with E-state index in [4.69, 9.17) is 5.73 Å². The summed E-state index contributed by atoms with van der Waals surface area (Å²) >= 11 is 0. The van der Waals surface area contributed by atoms with Crippen LogP contribution >= 0.6 is 12.4 Å². The predicted molar refractivity (Wildman–Crippen MR) is 71.7 cm³/mol. The zero-order valence-corrected chi connectivity index (χ0v) is 12.0. The molecule has 0 radical (unpaired) electrons. The summed E-state index contributed by atoms with van der Waals surface area (Å²) in [6.07, 6.45) is 1.50. The second-order valence-electron chi connectivity index (χ2n) is 4.01. The first-order valence-corrected chi connectivity index (χ1v) is 7.05. The number of hydrogen-bond acceptors (Lipinski definition) is 3. The van der Waals surface area contributed by atoms with Gasteiger partial charge in [-0.3, -0.25) is 0 Å². The number of hydrogen-bond donors (Lipinski definition) is 2. The maximum Gasteiger partial charge on any atom is 0.240 e. The third-order valence-electron chi connectivity index (χ3n) is 2.34. The largest absolute Gasteiger partial charge is 0.327 e. The van der Waals surface area contributed by atoms with Crippen molar-refractivity contribution in [2.75, 3.05) is 6.54 Å². The summed E-state index contributed by atoms with van der Waals surface area (Å²) in [6, 6.07) is 1.82. The van der Waals surface area contributed by atoms with E-state index in [-0.39, 0.29) is 25.0 Å². The summed E-state index contributed by atoms with van der Waals surface area (Å²) in [5.41, 5.74) is 5.65. The maximum absolute atomic E-state index is 12.9. The van der Waals surface area contributed by atoms with Gasteiger partial charge in [0.2, 0.25) is 10.0 Å². The van der Waals surface area contributed by atoms with Gasteiger partial charge in [-0.25, -0.2) is 21.9 Å². The Morgan fingerprint density at radius 3 is 2.26 bits per heavy atom. The van der Waals surface area contributed by atoms with Crippen molar-refractivity contribution < 1.29 is 17.2 Å². The maximum atomic E-state index is 12.9. The molecule has 1 aromatic carbocycles. The van der Waals surface area contributed by atoms with Crippen LogP contribution < -0.4 is 10.5 Å². The molecule has 8 heteroatoms. The smallest absolute Gasteiger partial charge is 0.240 e. The number of benzene rings is 1. The van der Waals surface area contributed by atoms with Crippen molar-refractivity contribution in [1.82, 2.24) is 4.72 Å². The lowest BCUT2D eigenvalue weighted by Crippen LogP contribution is -2.37. The lowest BCUT2D eigenvalue weighted by Gasteiger charge is -2.12. The Kier molecular flexibility index (Phi) is 7.43. The first-order valence-electron chi connectivity index (χ1n) is 5.56. The van der Waals surface area contributed by atoms with Gasteiger partial charge in [-0.1, -0.05) is 13.3 Å². The molecule has 1 atom stereocenters. The molecule has 0 fully saturated rings. The highest BCUT2D eigenvalue weighted by Gasteiger charge is 2.17. The molecular formula is C11H17ClF2N2O2S. The van der Waals surface area contributed by atoms with Crippen LogP contribution in [-0.4, -0.2) is 21.0 Å². The zero-order valence-electron chi connectivity index (χ0n) is 10.4. The van der Waals surface area contributed by atoms with Crippen LogP contribution in [0.15, 0.2) is 23.1 Å². The third kappa shape index (κ3) is 5.82. The van der Waals surface area contributed by atoms with Crippen LogP contribution in [0, 0.1) is 11.6 Å². The molecular weight excluding hydrogens is 298 g/mol. The molecule has 110 valence electrons. The molecule has 0 saturated carbocycles. The van der Waals surface area contributed by atoms with Crippen LogP contribution in [-0.2, 0) is 10.0 Å². The molecule has 0 aliphatic heterocycles. The van der Waals surface area contributed by atoms with E-state index in [1.807, 2.05) is 6.92 Å². The average molecular weight is 315 g/mol. The molecule has 19 heavy (non-hydrogen) atoms. The van der Waals surface area contributed by atoms with Gasteiger partial charge in [0.15, 0.2) is 0 Å². The van der Waals surface area contributed by atoms with Crippen molar-refractivity contribution in [2.45, 2.75) is 30.7 Å². The van der Waals surface area contributed by atoms with Gasteiger partial charge in [0.05, 0.1) is 4.90 Å². The second kappa shape index (κ2) is 7.74. The molecule has 3 N–H and O–H groups in total. The van der Waals surface area contributed by atoms with Gasteiger partial charge in [-0.05, 0) is 18.6 Å². The summed E-state index contributed by atoms with van der Waals surface area (Å²) in [6.45, 7) is 1.96. The summed E-state index contributed by atoms with van der Waals surface area (Å²) in [7, 11) is -3.93. The normalized spacial score (nSPS) is 12.8. The van der Waals surface area contributed by atoms with Crippen LogP contribution in [0.5, 0.6) is 0 Å². The Bertz CT molecular complexity index is 491. The van der Waals surface area contributed by atoms with E-state index in [1.54, 1.807) is 0 Å². The number of sulfonamides is 1. The number of nitrogens with one attached hydrogen (secondary N) is 1. The highest BCUT2D eigenvalue weighted by Crippen LogP contribution is 2.13. The number of rotatable bonds is 6. The van der Waals surface area contributed by atoms with Crippen LogP contribution in [0.1, 0.15) is 19.8 Å². The van der Waals surface area contributed by atoms with E-state index in [2.05, 4.69) is 4.72 Å². The van der Waals surface area contributed by atoms with E-state index in [0.29, 0.717) is 12.5 Å². The van der Waals surface area contributed by atoms with Crippen molar-refractivity contribution in [3.05, 3.63) is 29.8 Å². The van der Waals surface area contributed by atoms with Crippen molar-refractivity contribution in [3.63, 3.8) is 0 Å². The topological polar surface area (TPSA) is 72.2 Å². The predicted octanol–water partition coefficient (Wildman–Crippen LogP) is 1.79. The van der Waals surface area contributed by atoms with E-state index in [1.165, 1.54) is 0 Å². The van der Waals surface area contributed by atoms with Crippen molar-refractivity contribution in [3.8, 4) is 0 Å². The van der Waals surface area contributed by atoms with Gasteiger partial charge in [0.1, 0.15) is 11.6 Å². The first-order chi connectivity index (χ1) is 8.35. The van der Waals surface area contributed by atoms with Gasteiger partial charge in [-0.2, -0.15) is 0 Å². The Balaban J connectivity index is 0.00000324. The minimum Gasteiger partial charge on any atom is -0.327 e. The molecule has 0 aliphatic rings. The van der Waals surface area contributed by atoms with E-state index >= 15 is 0 Å². The Morgan fingerprint density at radius 2 is 1.79 bits per heavy atom. The molecule has 1 unspecified atom stereocenters. The Labute approximate surface area is 117 Å². The van der Waals surface area contributed by atoms with Gasteiger partial charge >= 0.3 is 0 Å². The van der Waals surface area contributed by atoms with Gasteiger partial charge in [0, 0.05) is 18.7 Å². The van der Waals surface area contributed by atoms with Gasteiger partial charge in [0.25, 0.3) is 0 Å². The standard InChI is InChI=1S/C11H16F2N2O2S.ClH/c1-2-3-10(14)7-15-18(16,17)11-5-8(12)4-9(13)6-11;/h4-6,10,15H,2-3,7,14H2,1H3;1H. The van der Waals surface area contributed by atoms with E-state index in [0.717, 1.165) is 18.6 Å². The minimum absolute atomic E-state index is 0. The van der Waals surface area contributed by atoms with Crippen LogP contribution in [0.3, 0.4) is 0 Å². The Hall–Kier alpha value is -0.760. The molecule has 1 aromatic rings. The van der Waals surface area contributed by atoms with E-state index < -0.39 is 26.6 Å². The summed E-state index contributed by atoms with van der Waals surface area (Å²) < 4.78 is 51.6. The molecule has 0 bridgehead atoms. The SMILES string of the molecule is CCCC(N)CNS(=O)(=O)c1cc(F)cc(F)c1.Cl. The summed E-state index contributed by atoms with van der Waals surface area (Å²) in [4.78, 5) is -0.441. The van der Waals surface area contributed by atoms with Gasteiger partial charge < -0.3 is 5.73 Å². The van der Waals surface area contributed by atoms with Crippen LogP contribution in [0.2, 0.25) is 0 Å². The fraction of sp³-hybridized carbons (Fsp3) is 0.455. The third-order valence-corrected chi connectivity index (χ3v) is 3.74. The minimum atomic E-state index is -3.93. The second-order valence-corrected chi connectivity index (χ2v) is 5.77. The molecule has 0 amide bonds. The molecule has 0 aromatic heterocycles. The zero-order chi connectivity index (χ0) is 13.8. The average Bonchev–Trinajstić information content (AvgIpc) is 2.26. The molecule has 0 aliphatic carbocycles. The van der Waals surface area contributed by atoms with Crippen molar-refractivity contribution in [1.29, 1.82) is 0 Å². The Morgan fingerprint density at radius 1 is 1.26 bits per heavy atom. The number of nitrogens with two attached hydrogens (primary N) is 1. The van der Waals surface area contributed by atoms with Crippen LogP contribution in [0.25, 0.3) is 0 Å². The quantitative estimate of drug-likeness (QED) is 0.841. The lowest BCUT2D eigenvalue weighted by atomic mass is 10.2.